The van der Waals surface area contributed by atoms with Gasteiger partial charge in [0.2, 0.25) is 0 Å². The van der Waals surface area contributed by atoms with Gasteiger partial charge in [0.05, 0.1) is 6.61 Å². The van der Waals surface area contributed by atoms with E-state index in [1.807, 2.05) is 0 Å². The Labute approximate surface area is 107 Å². The van der Waals surface area contributed by atoms with Gasteiger partial charge >= 0.3 is 12.3 Å². The van der Waals surface area contributed by atoms with Gasteiger partial charge in [-0.05, 0) is 25.0 Å². The van der Waals surface area contributed by atoms with E-state index in [0.29, 0.717) is 0 Å². The quantitative estimate of drug-likeness (QED) is 0.841. The van der Waals surface area contributed by atoms with E-state index in [1.165, 1.54) is 12.1 Å². The molecular formula is C12H13F3O4. The summed E-state index contributed by atoms with van der Waals surface area (Å²) in [5.74, 6) is -1.37. The van der Waals surface area contributed by atoms with E-state index in [2.05, 4.69) is 9.47 Å². The summed E-state index contributed by atoms with van der Waals surface area (Å²) in [4.78, 5) is 11.1. The van der Waals surface area contributed by atoms with Crippen LogP contribution in [-0.4, -0.2) is 24.0 Å². The van der Waals surface area contributed by atoms with E-state index < -0.39 is 18.1 Å². The lowest BCUT2D eigenvalue weighted by Crippen LogP contribution is -2.18. The molecule has 1 rings (SSSR count). The van der Waals surface area contributed by atoms with Crippen LogP contribution in [0, 0.1) is 0 Å². The maximum absolute atomic E-state index is 12.2. The third-order valence-corrected chi connectivity index (χ3v) is 2.18. The Morgan fingerprint density at radius 2 is 2.05 bits per heavy atom. The zero-order valence-corrected chi connectivity index (χ0v) is 10.2. The summed E-state index contributed by atoms with van der Waals surface area (Å²) < 4.78 is 45.0. The fraction of sp³-hybridized carbons (Fsp3) is 0.417. The lowest BCUT2D eigenvalue weighted by atomic mass is 10.1. The summed E-state index contributed by atoms with van der Waals surface area (Å²) in [7, 11) is 0. The van der Waals surface area contributed by atoms with Crippen molar-refractivity contribution in [1.82, 2.24) is 0 Å². The number of aromatic hydroxyl groups is 1. The third-order valence-electron chi connectivity index (χ3n) is 2.18. The molecule has 1 aromatic rings. The minimum absolute atomic E-state index is 0.0323. The molecule has 0 aromatic heterocycles. The van der Waals surface area contributed by atoms with Gasteiger partial charge in [0.25, 0.3) is 0 Å². The number of hydrogen-bond acceptors (Lipinski definition) is 4. The topological polar surface area (TPSA) is 55.8 Å². The van der Waals surface area contributed by atoms with Crippen molar-refractivity contribution in [2.45, 2.75) is 26.1 Å². The third kappa shape index (κ3) is 5.50. The summed E-state index contributed by atoms with van der Waals surface area (Å²) in [5.41, 5.74) is 0.170. The van der Waals surface area contributed by atoms with Crippen LogP contribution in [0.2, 0.25) is 0 Å². The predicted octanol–water partition coefficient (Wildman–Crippen LogP) is 2.79. The Hall–Kier alpha value is -1.92. The second kappa shape index (κ2) is 6.31. The average Bonchev–Trinajstić information content (AvgIpc) is 2.26. The average molecular weight is 278 g/mol. The maximum atomic E-state index is 12.2. The number of phenols is 1. The molecule has 1 N–H and O–H groups in total. The van der Waals surface area contributed by atoms with Crippen LogP contribution in [-0.2, 0) is 16.0 Å². The molecule has 0 aliphatic rings. The molecule has 0 fully saturated rings. The largest absolute Gasteiger partial charge is 0.573 e. The highest BCUT2D eigenvalue weighted by atomic mass is 19.4. The molecule has 0 unspecified atom stereocenters. The number of benzene rings is 1. The van der Waals surface area contributed by atoms with Gasteiger partial charge in [-0.3, -0.25) is 4.79 Å². The molecule has 0 spiro atoms. The van der Waals surface area contributed by atoms with E-state index in [0.717, 1.165) is 6.07 Å². The molecule has 1 aromatic carbocycles. The van der Waals surface area contributed by atoms with E-state index in [-0.39, 0.29) is 30.8 Å². The van der Waals surface area contributed by atoms with Crippen molar-refractivity contribution in [3.8, 4) is 11.5 Å². The summed E-state index contributed by atoms with van der Waals surface area (Å²) >= 11 is 0. The van der Waals surface area contributed by atoms with Crippen LogP contribution >= 0.6 is 0 Å². The second-order valence-corrected chi connectivity index (χ2v) is 3.64. The Kier molecular flexibility index (Phi) is 5.02. The predicted molar refractivity (Wildman–Crippen MR) is 59.7 cm³/mol. The van der Waals surface area contributed by atoms with Crippen molar-refractivity contribution in [3.05, 3.63) is 23.8 Å². The van der Waals surface area contributed by atoms with Gasteiger partial charge in [0, 0.05) is 12.5 Å². The molecule has 19 heavy (non-hydrogen) atoms. The number of ether oxygens (including phenoxy) is 2. The SMILES string of the molecule is CCOC(=O)CCc1ccc(O)cc1OC(F)(F)F. The lowest BCUT2D eigenvalue weighted by molar-refractivity contribution is -0.274. The number of halogens is 3. The van der Waals surface area contributed by atoms with Crippen molar-refractivity contribution in [2.75, 3.05) is 6.61 Å². The molecule has 106 valence electrons. The molecule has 0 atom stereocenters. The number of esters is 1. The number of phenolic OH excluding ortho intramolecular Hbond substituents is 1. The minimum Gasteiger partial charge on any atom is -0.508 e. The molecule has 0 saturated heterocycles. The van der Waals surface area contributed by atoms with Gasteiger partial charge in [-0.1, -0.05) is 6.07 Å². The van der Waals surface area contributed by atoms with Crippen LogP contribution in [0.25, 0.3) is 0 Å². The first kappa shape index (κ1) is 15.1. The van der Waals surface area contributed by atoms with E-state index in [4.69, 9.17) is 5.11 Å². The number of carbonyl (C=O) groups is 1. The molecule has 0 heterocycles. The van der Waals surface area contributed by atoms with Gasteiger partial charge in [0.1, 0.15) is 11.5 Å². The van der Waals surface area contributed by atoms with Crippen molar-refractivity contribution in [3.63, 3.8) is 0 Å². The van der Waals surface area contributed by atoms with E-state index >= 15 is 0 Å². The van der Waals surface area contributed by atoms with Crippen LogP contribution in [0.4, 0.5) is 13.2 Å². The van der Waals surface area contributed by atoms with Crippen LogP contribution < -0.4 is 4.74 Å². The first-order chi connectivity index (χ1) is 8.81. The monoisotopic (exact) mass is 278 g/mol. The molecule has 7 heteroatoms. The number of rotatable bonds is 5. The molecule has 0 bridgehead atoms. The van der Waals surface area contributed by atoms with Crippen LogP contribution in [0.3, 0.4) is 0 Å². The van der Waals surface area contributed by atoms with Gasteiger partial charge in [-0.15, -0.1) is 13.2 Å². The van der Waals surface area contributed by atoms with E-state index in [9.17, 15) is 18.0 Å². The summed E-state index contributed by atoms with van der Waals surface area (Å²) in [6, 6.07) is 3.35. The number of alkyl halides is 3. The van der Waals surface area contributed by atoms with Crippen molar-refractivity contribution in [2.24, 2.45) is 0 Å². The van der Waals surface area contributed by atoms with Crippen LogP contribution in [0.5, 0.6) is 11.5 Å². The first-order valence-corrected chi connectivity index (χ1v) is 5.55. The zero-order valence-electron chi connectivity index (χ0n) is 10.2. The smallest absolute Gasteiger partial charge is 0.508 e. The number of hydrogen-bond donors (Lipinski definition) is 1. The standard InChI is InChI=1S/C12H13F3O4/c1-2-18-11(17)6-4-8-3-5-9(16)7-10(8)19-12(13,14)15/h3,5,7,16H,2,4,6H2,1H3. The normalized spacial score (nSPS) is 11.2. The summed E-state index contributed by atoms with van der Waals surface area (Å²) in [6.07, 6.45) is -4.89. The molecular weight excluding hydrogens is 265 g/mol. The maximum Gasteiger partial charge on any atom is 0.573 e. The van der Waals surface area contributed by atoms with Gasteiger partial charge in [-0.25, -0.2) is 0 Å². The van der Waals surface area contributed by atoms with Crippen LogP contribution in [0.1, 0.15) is 18.9 Å². The molecule has 4 nitrogen and oxygen atoms in total. The van der Waals surface area contributed by atoms with Gasteiger partial charge in [-0.2, -0.15) is 0 Å². The lowest BCUT2D eigenvalue weighted by Gasteiger charge is -2.13. The molecule has 0 aliphatic heterocycles. The van der Waals surface area contributed by atoms with Crippen molar-refractivity contribution >= 4 is 5.97 Å². The molecule has 0 radical (unpaired) electrons. The van der Waals surface area contributed by atoms with Crippen molar-refractivity contribution in [1.29, 1.82) is 0 Å². The number of aryl methyl sites for hydroxylation is 1. The molecule has 0 saturated carbocycles. The zero-order chi connectivity index (χ0) is 14.5. The molecule has 0 amide bonds. The van der Waals surface area contributed by atoms with Crippen LogP contribution in [0.15, 0.2) is 18.2 Å². The van der Waals surface area contributed by atoms with Crippen molar-refractivity contribution < 1.29 is 32.5 Å². The Morgan fingerprint density at radius 3 is 2.63 bits per heavy atom. The Morgan fingerprint density at radius 1 is 1.37 bits per heavy atom. The van der Waals surface area contributed by atoms with E-state index in [1.54, 1.807) is 6.92 Å². The summed E-state index contributed by atoms with van der Waals surface area (Å²) in [6.45, 7) is 1.84. The number of carbonyl (C=O) groups excluding carboxylic acids is 1. The second-order valence-electron chi connectivity index (χ2n) is 3.64. The minimum atomic E-state index is -4.85. The highest BCUT2D eigenvalue weighted by Gasteiger charge is 2.32. The summed E-state index contributed by atoms with van der Waals surface area (Å²) in [5, 5.41) is 9.16. The fourth-order valence-corrected chi connectivity index (χ4v) is 1.44. The fourth-order valence-electron chi connectivity index (χ4n) is 1.44. The Balaban J connectivity index is 2.79. The highest BCUT2D eigenvalue weighted by Crippen LogP contribution is 2.30. The Bertz CT molecular complexity index is 443. The van der Waals surface area contributed by atoms with Gasteiger partial charge in [0.15, 0.2) is 0 Å². The first-order valence-electron chi connectivity index (χ1n) is 5.55. The highest BCUT2D eigenvalue weighted by molar-refractivity contribution is 5.69. The van der Waals surface area contributed by atoms with Gasteiger partial charge < -0.3 is 14.6 Å². The molecule has 0 aliphatic carbocycles.